The van der Waals surface area contributed by atoms with Crippen LogP contribution in [0.5, 0.6) is 0 Å². The average molecular weight is 288 g/mol. The summed E-state index contributed by atoms with van der Waals surface area (Å²) in [6, 6.07) is 8.88. The van der Waals surface area contributed by atoms with Gasteiger partial charge < -0.3 is 9.67 Å². The van der Waals surface area contributed by atoms with Crippen LogP contribution in [0, 0.1) is 0 Å². The van der Waals surface area contributed by atoms with Crippen molar-refractivity contribution in [1.29, 1.82) is 0 Å². The van der Waals surface area contributed by atoms with Crippen molar-refractivity contribution >= 4 is 5.97 Å². The molecule has 5 heteroatoms. The fraction of sp³-hybridized carbons (Fsp3) is 0.375. The minimum atomic E-state index is -1.08. The van der Waals surface area contributed by atoms with Gasteiger partial charge >= 0.3 is 5.97 Å². The Morgan fingerprint density at radius 2 is 1.95 bits per heavy atom. The lowest BCUT2D eigenvalue weighted by molar-refractivity contribution is 0.0691. The van der Waals surface area contributed by atoms with Crippen molar-refractivity contribution in [3.05, 3.63) is 42.4 Å². The number of aromatic nitrogens is 2. The molecule has 2 aromatic rings. The van der Waals surface area contributed by atoms with Crippen LogP contribution in [0.3, 0.4) is 0 Å². The summed E-state index contributed by atoms with van der Waals surface area (Å²) >= 11 is 0. The predicted molar refractivity (Wildman–Crippen MR) is 77.0 cm³/mol. The van der Waals surface area contributed by atoms with Gasteiger partial charge in [0.1, 0.15) is 6.17 Å². The Morgan fingerprint density at radius 3 is 2.62 bits per heavy atom. The monoisotopic (exact) mass is 288 g/mol. The third kappa shape index (κ3) is 2.55. The van der Waals surface area contributed by atoms with Crippen molar-refractivity contribution in [1.82, 2.24) is 9.55 Å². The van der Waals surface area contributed by atoms with Crippen molar-refractivity contribution in [3.8, 4) is 11.3 Å². The SMILES string of the molecule is O=C(O)c1ncn([C@H]2CCCC[C@H]2F)c1-c1ccccc1. The first kappa shape index (κ1) is 13.8. The molecule has 0 radical (unpaired) electrons. The van der Waals surface area contributed by atoms with Gasteiger partial charge in [-0.05, 0) is 12.8 Å². The van der Waals surface area contributed by atoms with Gasteiger partial charge in [-0.3, -0.25) is 0 Å². The Labute approximate surface area is 122 Å². The van der Waals surface area contributed by atoms with Crippen LogP contribution in [0.15, 0.2) is 36.7 Å². The Morgan fingerprint density at radius 1 is 1.24 bits per heavy atom. The first-order chi connectivity index (χ1) is 10.2. The second kappa shape index (κ2) is 5.68. The molecule has 0 aliphatic heterocycles. The largest absolute Gasteiger partial charge is 0.476 e. The molecule has 1 aliphatic rings. The minimum absolute atomic E-state index is 0.0148. The van der Waals surface area contributed by atoms with E-state index in [2.05, 4.69) is 4.98 Å². The quantitative estimate of drug-likeness (QED) is 0.936. The number of carbonyl (C=O) groups is 1. The maximum absolute atomic E-state index is 14.2. The van der Waals surface area contributed by atoms with Crippen LogP contribution >= 0.6 is 0 Å². The number of rotatable bonds is 3. The van der Waals surface area contributed by atoms with E-state index in [0.717, 1.165) is 24.8 Å². The molecule has 1 aromatic carbocycles. The van der Waals surface area contributed by atoms with Crippen molar-refractivity contribution in [2.75, 3.05) is 0 Å². The molecule has 1 aliphatic carbocycles. The molecule has 4 nitrogen and oxygen atoms in total. The lowest BCUT2D eigenvalue weighted by atomic mass is 9.93. The van der Waals surface area contributed by atoms with Crippen LogP contribution in [0.25, 0.3) is 11.3 Å². The molecule has 1 heterocycles. The molecule has 21 heavy (non-hydrogen) atoms. The summed E-state index contributed by atoms with van der Waals surface area (Å²) in [4.78, 5) is 15.4. The van der Waals surface area contributed by atoms with E-state index in [9.17, 15) is 14.3 Å². The van der Waals surface area contributed by atoms with Crippen molar-refractivity contribution in [2.24, 2.45) is 0 Å². The van der Waals surface area contributed by atoms with Gasteiger partial charge in [-0.2, -0.15) is 0 Å². The van der Waals surface area contributed by atoms with Crippen LogP contribution in [0.1, 0.15) is 42.2 Å². The number of hydrogen-bond donors (Lipinski definition) is 1. The molecule has 0 saturated heterocycles. The van der Waals surface area contributed by atoms with Crippen molar-refractivity contribution in [2.45, 2.75) is 37.9 Å². The molecule has 1 aromatic heterocycles. The van der Waals surface area contributed by atoms with E-state index in [-0.39, 0.29) is 11.7 Å². The van der Waals surface area contributed by atoms with Gasteiger partial charge in [-0.15, -0.1) is 0 Å². The van der Waals surface area contributed by atoms with Gasteiger partial charge in [0, 0.05) is 5.56 Å². The average Bonchev–Trinajstić information content (AvgIpc) is 2.93. The van der Waals surface area contributed by atoms with Gasteiger partial charge in [0.25, 0.3) is 0 Å². The zero-order valence-electron chi connectivity index (χ0n) is 11.6. The number of carboxylic acid groups (broad SMARTS) is 1. The Balaban J connectivity index is 2.11. The molecule has 2 atom stereocenters. The number of halogens is 1. The second-order valence-electron chi connectivity index (χ2n) is 5.39. The van der Waals surface area contributed by atoms with Crippen molar-refractivity contribution in [3.63, 3.8) is 0 Å². The van der Waals surface area contributed by atoms with E-state index in [4.69, 9.17) is 0 Å². The van der Waals surface area contributed by atoms with Crippen LogP contribution in [-0.2, 0) is 0 Å². The Kier molecular flexibility index (Phi) is 3.73. The molecule has 1 saturated carbocycles. The smallest absolute Gasteiger partial charge is 0.356 e. The third-order valence-corrected chi connectivity index (χ3v) is 4.05. The number of benzene rings is 1. The Hall–Kier alpha value is -2.17. The Bertz CT molecular complexity index is 639. The standard InChI is InChI=1S/C16H17FN2O2/c17-12-8-4-5-9-13(12)19-10-18-14(16(20)21)15(19)11-6-2-1-3-7-11/h1-3,6-7,10,12-13H,4-5,8-9H2,(H,20,21)/t12-,13+/m1/s1. The van der Waals surface area contributed by atoms with E-state index in [1.165, 1.54) is 6.33 Å². The molecule has 0 amide bonds. The molecule has 3 rings (SSSR count). The van der Waals surface area contributed by atoms with Crippen LogP contribution < -0.4 is 0 Å². The molecular weight excluding hydrogens is 271 g/mol. The van der Waals surface area contributed by atoms with Gasteiger partial charge in [-0.25, -0.2) is 14.2 Å². The molecule has 110 valence electrons. The summed E-state index contributed by atoms with van der Waals surface area (Å²) in [6.07, 6.45) is 3.61. The number of aromatic carboxylic acids is 1. The first-order valence-corrected chi connectivity index (χ1v) is 7.18. The molecule has 0 unspecified atom stereocenters. The summed E-state index contributed by atoms with van der Waals surface area (Å²) < 4.78 is 16.0. The van der Waals surface area contributed by atoms with Gasteiger partial charge in [0.05, 0.1) is 18.1 Å². The highest BCUT2D eigenvalue weighted by atomic mass is 19.1. The maximum Gasteiger partial charge on any atom is 0.356 e. The fourth-order valence-electron chi connectivity index (χ4n) is 3.03. The zero-order valence-corrected chi connectivity index (χ0v) is 11.6. The number of imidazole rings is 1. The van der Waals surface area contributed by atoms with E-state index in [1.807, 2.05) is 30.3 Å². The molecule has 0 spiro atoms. The number of alkyl halides is 1. The third-order valence-electron chi connectivity index (χ3n) is 4.05. The normalized spacial score (nSPS) is 22.1. The fourth-order valence-corrected chi connectivity index (χ4v) is 3.03. The molecule has 1 N–H and O–H groups in total. The molecule has 1 fully saturated rings. The van der Waals surface area contributed by atoms with E-state index in [1.54, 1.807) is 4.57 Å². The molecule has 0 bridgehead atoms. The summed E-state index contributed by atoms with van der Waals surface area (Å²) in [5.41, 5.74) is 1.24. The lowest BCUT2D eigenvalue weighted by Gasteiger charge is -2.28. The number of hydrogen-bond acceptors (Lipinski definition) is 2. The van der Waals surface area contributed by atoms with Gasteiger partial charge in [0.15, 0.2) is 5.69 Å². The highest BCUT2D eigenvalue weighted by molar-refractivity contribution is 5.93. The van der Waals surface area contributed by atoms with Crippen LogP contribution in [0.2, 0.25) is 0 Å². The van der Waals surface area contributed by atoms with E-state index >= 15 is 0 Å². The minimum Gasteiger partial charge on any atom is -0.476 e. The first-order valence-electron chi connectivity index (χ1n) is 7.18. The van der Waals surface area contributed by atoms with E-state index in [0.29, 0.717) is 12.1 Å². The van der Waals surface area contributed by atoms with Crippen molar-refractivity contribution < 1.29 is 14.3 Å². The summed E-state index contributed by atoms with van der Waals surface area (Å²) in [6.45, 7) is 0. The molecular formula is C16H17FN2O2. The predicted octanol–water partition coefficient (Wildman–Crippen LogP) is 3.70. The van der Waals surface area contributed by atoms with Crippen LogP contribution in [-0.4, -0.2) is 26.8 Å². The highest BCUT2D eigenvalue weighted by Crippen LogP contribution is 2.35. The zero-order chi connectivity index (χ0) is 14.8. The summed E-state index contributed by atoms with van der Waals surface area (Å²) in [5, 5.41) is 9.33. The topological polar surface area (TPSA) is 55.1 Å². The summed E-state index contributed by atoms with van der Waals surface area (Å²) in [7, 11) is 0. The maximum atomic E-state index is 14.2. The van der Waals surface area contributed by atoms with Crippen LogP contribution in [0.4, 0.5) is 4.39 Å². The highest BCUT2D eigenvalue weighted by Gasteiger charge is 2.30. The van der Waals surface area contributed by atoms with Gasteiger partial charge in [-0.1, -0.05) is 43.2 Å². The van der Waals surface area contributed by atoms with E-state index < -0.39 is 12.1 Å². The lowest BCUT2D eigenvalue weighted by Crippen LogP contribution is -2.24. The van der Waals surface area contributed by atoms with Gasteiger partial charge in [0.2, 0.25) is 0 Å². The number of carboxylic acids is 1. The summed E-state index contributed by atoms with van der Waals surface area (Å²) in [5.74, 6) is -1.08. The number of nitrogens with zero attached hydrogens (tertiary/aromatic N) is 2. The second-order valence-corrected chi connectivity index (χ2v) is 5.39.